The van der Waals surface area contributed by atoms with Crippen molar-refractivity contribution in [2.75, 3.05) is 19.0 Å². The lowest BCUT2D eigenvalue weighted by molar-refractivity contribution is -0.534. The molecule has 0 radical (unpaired) electrons. The number of benzene rings is 3. The average molecular weight is 504 g/mol. The molecule has 4 atom stereocenters. The number of hydrogen-bond acceptors (Lipinski definition) is 6. The van der Waals surface area contributed by atoms with E-state index >= 15 is 0 Å². The summed E-state index contributed by atoms with van der Waals surface area (Å²) in [6, 6.07) is 17.4. The molecule has 37 heavy (non-hydrogen) atoms. The van der Waals surface area contributed by atoms with E-state index in [4.69, 9.17) is 9.47 Å². The van der Waals surface area contributed by atoms with Crippen LogP contribution in [0.5, 0.6) is 11.5 Å². The monoisotopic (exact) mass is 503 g/mol. The van der Waals surface area contributed by atoms with E-state index < -0.39 is 17.5 Å². The number of carbonyl (C=O) groups is 1. The Morgan fingerprint density at radius 3 is 2.76 bits per heavy atom. The van der Waals surface area contributed by atoms with Crippen LogP contribution >= 0.6 is 0 Å². The molecule has 3 aromatic carbocycles. The van der Waals surface area contributed by atoms with E-state index in [0.29, 0.717) is 34.9 Å². The smallest absolute Gasteiger partial charge is 0.256 e. The molecular weight excluding hydrogens is 477 g/mol. The summed E-state index contributed by atoms with van der Waals surface area (Å²) in [4.78, 5) is 28.1. The largest absolute Gasteiger partial charge is 0.493 e. The van der Waals surface area contributed by atoms with Gasteiger partial charge in [-0.15, -0.1) is 0 Å². The molecule has 3 aliphatic rings. The third-order valence-corrected chi connectivity index (χ3v) is 7.95. The number of nitro groups is 1. The van der Waals surface area contributed by atoms with E-state index in [1.165, 1.54) is 19.2 Å². The highest BCUT2D eigenvalue weighted by atomic mass is 19.1. The fourth-order valence-corrected chi connectivity index (χ4v) is 6.57. The maximum atomic E-state index is 13.6. The van der Waals surface area contributed by atoms with Crippen molar-refractivity contribution >= 4 is 11.6 Å². The zero-order valence-electron chi connectivity index (χ0n) is 20.2. The van der Waals surface area contributed by atoms with E-state index in [-0.39, 0.29) is 29.3 Å². The van der Waals surface area contributed by atoms with Crippen LogP contribution in [0.25, 0.3) is 0 Å². The third kappa shape index (κ3) is 3.48. The highest BCUT2D eigenvalue weighted by molar-refractivity contribution is 6.07. The van der Waals surface area contributed by atoms with Crippen molar-refractivity contribution in [2.45, 2.75) is 43.0 Å². The molecule has 2 saturated heterocycles. The van der Waals surface area contributed by atoms with Gasteiger partial charge in [0, 0.05) is 28.8 Å². The molecule has 0 unspecified atom stereocenters. The number of hydrogen-bond donors (Lipinski definition) is 1. The van der Waals surface area contributed by atoms with Crippen molar-refractivity contribution in [3.05, 3.63) is 99.4 Å². The number of fused-ring (bicyclic) bond motifs is 4. The molecule has 1 spiro atoms. The predicted molar refractivity (Wildman–Crippen MR) is 134 cm³/mol. The average Bonchev–Trinajstić information content (AvgIpc) is 3.56. The van der Waals surface area contributed by atoms with Gasteiger partial charge in [-0.2, -0.15) is 0 Å². The van der Waals surface area contributed by atoms with Gasteiger partial charge in [-0.05, 0) is 54.3 Å². The van der Waals surface area contributed by atoms with E-state index in [0.717, 1.165) is 18.4 Å². The second-order valence-corrected chi connectivity index (χ2v) is 9.75. The molecule has 3 heterocycles. The van der Waals surface area contributed by atoms with Crippen molar-refractivity contribution in [2.24, 2.45) is 0 Å². The number of carbonyl (C=O) groups excluding carboxylic acids is 1. The number of nitrogens with zero attached hydrogens (tertiary/aromatic N) is 2. The maximum Gasteiger partial charge on any atom is 0.256 e. The Morgan fingerprint density at radius 1 is 1.14 bits per heavy atom. The predicted octanol–water partition coefficient (Wildman–Crippen LogP) is 4.47. The SMILES string of the molecule is COc1cc([C@H]2[C@H]([N+](=O)[O-])[C@]3(C(=O)Nc4ccccc43)N3CCC[C@@H]23)ccc1OCc1cccc(F)c1. The molecule has 3 aromatic rings. The van der Waals surface area contributed by atoms with E-state index in [9.17, 15) is 19.3 Å². The number of anilines is 1. The number of ether oxygens (including phenoxy) is 2. The van der Waals surface area contributed by atoms with E-state index in [1.54, 1.807) is 30.3 Å². The van der Waals surface area contributed by atoms with Crippen LogP contribution in [0.4, 0.5) is 10.1 Å². The number of amides is 1. The minimum absolute atomic E-state index is 0.144. The number of rotatable bonds is 6. The van der Waals surface area contributed by atoms with Gasteiger partial charge in [-0.25, -0.2) is 4.39 Å². The lowest BCUT2D eigenvalue weighted by Crippen LogP contribution is -2.55. The Hall–Kier alpha value is -3.98. The number of halogens is 1. The first-order valence-electron chi connectivity index (χ1n) is 12.3. The van der Waals surface area contributed by atoms with Crippen LogP contribution in [0.15, 0.2) is 66.7 Å². The van der Waals surface area contributed by atoms with Gasteiger partial charge in [0.15, 0.2) is 17.0 Å². The minimum atomic E-state index is -1.37. The van der Waals surface area contributed by atoms with Crippen molar-refractivity contribution < 1.29 is 23.6 Å². The second-order valence-electron chi connectivity index (χ2n) is 9.75. The summed E-state index contributed by atoms with van der Waals surface area (Å²) in [6.07, 6.45) is 1.61. The topological polar surface area (TPSA) is 93.9 Å². The zero-order chi connectivity index (χ0) is 25.7. The van der Waals surface area contributed by atoms with Crippen LogP contribution in [-0.2, 0) is 16.9 Å². The Balaban J connectivity index is 1.40. The first-order chi connectivity index (χ1) is 17.9. The van der Waals surface area contributed by atoms with Gasteiger partial charge < -0.3 is 14.8 Å². The number of nitrogens with one attached hydrogen (secondary N) is 1. The second kappa shape index (κ2) is 8.85. The normalized spacial score (nSPS) is 26.1. The highest BCUT2D eigenvalue weighted by Crippen LogP contribution is 2.58. The number of para-hydroxylation sites is 1. The molecule has 8 nitrogen and oxygen atoms in total. The summed E-state index contributed by atoms with van der Waals surface area (Å²) in [5.41, 5.74) is 1.32. The Bertz CT molecular complexity index is 1400. The molecule has 6 rings (SSSR count). The molecule has 0 bridgehead atoms. The lowest BCUT2D eigenvalue weighted by Gasteiger charge is -2.32. The van der Waals surface area contributed by atoms with E-state index in [1.807, 2.05) is 29.2 Å². The summed E-state index contributed by atoms with van der Waals surface area (Å²) >= 11 is 0. The van der Waals surface area contributed by atoms with E-state index in [2.05, 4.69) is 5.32 Å². The van der Waals surface area contributed by atoms with Crippen molar-refractivity contribution in [3.8, 4) is 11.5 Å². The van der Waals surface area contributed by atoms with Crippen molar-refractivity contribution in [1.29, 1.82) is 0 Å². The van der Waals surface area contributed by atoms with Gasteiger partial charge in [-0.3, -0.25) is 19.8 Å². The van der Waals surface area contributed by atoms with Crippen LogP contribution in [0.1, 0.15) is 35.4 Å². The van der Waals surface area contributed by atoms with Gasteiger partial charge in [0.2, 0.25) is 0 Å². The maximum absolute atomic E-state index is 13.6. The van der Waals surface area contributed by atoms with Gasteiger partial charge in [0.25, 0.3) is 11.9 Å². The molecule has 2 fully saturated rings. The fourth-order valence-electron chi connectivity index (χ4n) is 6.57. The molecule has 190 valence electrons. The molecule has 3 aliphatic heterocycles. The van der Waals surface area contributed by atoms with Crippen LogP contribution in [0.2, 0.25) is 0 Å². The third-order valence-electron chi connectivity index (χ3n) is 7.95. The Morgan fingerprint density at radius 2 is 1.97 bits per heavy atom. The van der Waals surface area contributed by atoms with Crippen LogP contribution < -0.4 is 14.8 Å². The summed E-state index contributed by atoms with van der Waals surface area (Å²) in [5, 5.41) is 15.7. The summed E-state index contributed by atoms with van der Waals surface area (Å²) in [7, 11) is 1.51. The molecule has 0 aliphatic carbocycles. The summed E-state index contributed by atoms with van der Waals surface area (Å²) in [5.74, 6) is -0.332. The molecule has 0 saturated carbocycles. The molecule has 1 amide bonds. The van der Waals surface area contributed by atoms with Crippen LogP contribution in [0, 0.1) is 15.9 Å². The lowest BCUT2D eigenvalue weighted by atomic mass is 9.77. The first kappa shape index (κ1) is 23.4. The van der Waals surface area contributed by atoms with Gasteiger partial charge >= 0.3 is 0 Å². The fraction of sp³-hybridized carbons (Fsp3) is 0.321. The van der Waals surface area contributed by atoms with Gasteiger partial charge in [0.05, 0.1) is 13.0 Å². The van der Waals surface area contributed by atoms with Gasteiger partial charge in [0.1, 0.15) is 12.4 Å². The molecule has 0 aromatic heterocycles. The summed E-state index contributed by atoms with van der Waals surface area (Å²) < 4.78 is 25.1. The summed E-state index contributed by atoms with van der Waals surface area (Å²) in [6.45, 7) is 0.754. The standard InChI is InChI=1S/C28H26FN3O5/c1-36-24-15-18(11-12-23(24)37-16-17-6-4-7-19(29)14-17)25-22-10-5-13-31(22)28(26(25)32(34)35)20-8-2-3-9-21(20)30-27(28)33/h2-4,6-9,11-12,14-15,22,25-26H,5,10,13,16H2,1H3,(H,30,33)/t22-,25+,26-,28+/m0/s1. The first-order valence-corrected chi connectivity index (χ1v) is 12.3. The highest BCUT2D eigenvalue weighted by Gasteiger charge is 2.73. The van der Waals surface area contributed by atoms with Crippen molar-refractivity contribution in [3.63, 3.8) is 0 Å². The molecular formula is C28H26FN3O5. The zero-order valence-corrected chi connectivity index (χ0v) is 20.2. The van der Waals surface area contributed by atoms with Crippen LogP contribution in [-0.4, -0.2) is 41.5 Å². The molecule has 1 N–H and O–H groups in total. The molecule has 9 heteroatoms. The minimum Gasteiger partial charge on any atom is -0.493 e. The van der Waals surface area contributed by atoms with Crippen molar-refractivity contribution in [1.82, 2.24) is 4.90 Å². The quantitative estimate of drug-likeness (QED) is 0.394. The van der Waals surface area contributed by atoms with Crippen LogP contribution in [0.3, 0.4) is 0 Å². The van der Waals surface area contributed by atoms with Gasteiger partial charge in [-0.1, -0.05) is 36.4 Å². The Labute approximate surface area is 213 Å². The number of methoxy groups -OCH3 is 1. The Kier molecular flexibility index (Phi) is 5.60.